The van der Waals surface area contributed by atoms with Crippen LogP contribution >= 0.6 is 0 Å². The normalized spacial score (nSPS) is 15.8. The van der Waals surface area contributed by atoms with E-state index in [0.717, 1.165) is 37.0 Å². The largest absolute Gasteiger partial charge is 0.497 e. The van der Waals surface area contributed by atoms with Crippen LogP contribution in [0.5, 0.6) is 5.75 Å². The summed E-state index contributed by atoms with van der Waals surface area (Å²) in [5.74, 6) is 0.732. The predicted molar refractivity (Wildman–Crippen MR) is 97.2 cm³/mol. The molecule has 1 unspecified atom stereocenters. The molecule has 0 spiro atoms. The first-order valence-corrected chi connectivity index (χ1v) is 8.66. The summed E-state index contributed by atoms with van der Waals surface area (Å²) in [6, 6.07) is 8.02. The molecule has 1 aromatic carbocycles. The fourth-order valence-corrected chi connectivity index (χ4v) is 2.88. The van der Waals surface area contributed by atoms with Gasteiger partial charge in [0.2, 0.25) is 0 Å². The molecule has 3 nitrogen and oxygen atoms in total. The van der Waals surface area contributed by atoms with Gasteiger partial charge in [0.15, 0.2) is 0 Å². The third-order valence-electron chi connectivity index (χ3n) is 4.53. The molecule has 1 aromatic rings. The second kappa shape index (κ2) is 8.72. The lowest BCUT2D eigenvalue weighted by Gasteiger charge is -2.17. The van der Waals surface area contributed by atoms with Crippen molar-refractivity contribution in [3.63, 3.8) is 0 Å². The number of ether oxygens (including phenoxy) is 2. The Morgan fingerprint density at radius 3 is 2.54 bits per heavy atom. The van der Waals surface area contributed by atoms with Gasteiger partial charge in [-0.3, -0.25) is 4.79 Å². The first-order valence-electron chi connectivity index (χ1n) is 8.66. The number of hydrogen-bond donors (Lipinski definition) is 0. The van der Waals surface area contributed by atoms with Crippen molar-refractivity contribution in [3.8, 4) is 5.75 Å². The van der Waals surface area contributed by atoms with E-state index in [0.29, 0.717) is 6.42 Å². The molecule has 2 rings (SSSR count). The van der Waals surface area contributed by atoms with E-state index in [2.05, 4.69) is 32.1 Å². The Balaban J connectivity index is 1.79. The Hall–Kier alpha value is -2.03. The summed E-state index contributed by atoms with van der Waals surface area (Å²) in [6.07, 6.45) is 6.32. The smallest absolute Gasteiger partial charge is 0.310 e. The minimum absolute atomic E-state index is 0.0748. The van der Waals surface area contributed by atoms with Crippen molar-refractivity contribution in [3.05, 3.63) is 52.6 Å². The Bertz CT molecular complexity index is 623. The van der Waals surface area contributed by atoms with Crippen molar-refractivity contribution in [2.75, 3.05) is 7.11 Å². The van der Waals surface area contributed by atoms with Gasteiger partial charge in [-0.25, -0.2) is 0 Å². The summed E-state index contributed by atoms with van der Waals surface area (Å²) < 4.78 is 10.7. The van der Waals surface area contributed by atoms with E-state index in [1.165, 1.54) is 16.7 Å². The van der Waals surface area contributed by atoms with Crippen molar-refractivity contribution >= 4 is 5.97 Å². The minimum atomic E-state index is -0.127. The predicted octanol–water partition coefficient (Wildman–Crippen LogP) is 5.01. The Kier molecular flexibility index (Phi) is 6.65. The molecule has 24 heavy (non-hydrogen) atoms. The van der Waals surface area contributed by atoms with Crippen LogP contribution < -0.4 is 4.74 Å². The van der Waals surface area contributed by atoms with Gasteiger partial charge in [0.1, 0.15) is 5.75 Å². The molecule has 1 aliphatic carbocycles. The summed E-state index contributed by atoms with van der Waals surface area (Å²) in [4.78, 5) is 12.2. The second-order valence-corrected chi connectivity index (χ2v) is 6.66. The lowest BCUT2D eigenvalue weighted by atomic mass is 9.92. The van der Waals surface area contributed by atoms with Gasteiger partial charge < -0.3 is 9.47 Å². The van der Waals surface area contributed by atoms with Crippen molar-refractivity contribution in [2.24, 2.45) is 0 Å². The molecule has 0 bridgehead atoms. The van der Waals surface area contributed by atoms with Crippen LogP contribution in [0.4, 0.5) is 0 Å². The summed E-state index contributed by atoms with van der Waals surface area (Å²) in [5, 5.41) is 0. The number of rotatable bonds is 7. The summed E-state index contributed by atoms with van der Waals surface area (Å²) in [5.41, 5.74) is 5.01. The lowest BCUT2D eigenvalue weighted by molar-refractivity contribution is -0.147. The number of aryl methyl sites for hydroxylation is 1. The topological polar surface area (TPSA) is 35.5 Å². The van der Waals surface area contributed by atoms with Gasteiger partial charge in [-0.05, 0) is 69.7 Å². The summed E-state index contributed by atoms with van der Waals surface area (Å²) in [6.45, 7) is 6.19. The molecule has 0 saturated carbocycles. The molecule has 0 amide bonds. The highest BCUT2D eigenvalue weighted by molar-refractivity contribution is 5.74. The number of benzene rings is 1. The van der Waals surface area contributed by atoms with Gasteiger partial charge in [-0.1, -0.05) is 29.4 Å². The number of methoxy groups -OCH3 is 1. The number of esters is 1. The van der Waals surface area contributed by atoms with E-state index < -0.39 is 0 Å². The average molecular weight is 328 g/mol. The zero-order valence-electron chi connectivity index (χ0n) is 15.2. The van der Waals surface area contributed by atoms with E-state index in [4.69, 9.17) is 9.47 Å². The Labute approximate surface area is 145 Å². The van der Waals surface area contributed by atoms with Crippen LogP contribution in [0.25, 0.3) is 0 Å². The number of hydrogen-bond acceptors (Lipinski definition) is 3. The van der Waals surface area contributed by atoms with E-state index in [9.17, 15) is 4.79 Å². The Morgan fingerprint density at radius 1 is 1.17 bits per heavy atom. The average Bonchev–Trinajstić information content (AvgIpc) is 2.56. The van der Waals surface area contributed by atoms with Crippen LogP contribution in [0.2, 0.25) is 0 Å². The molecule has 1 aliphatic rings. The zero-order chi connectivity index (χ0) is 17.5. The van der Waals surface area contributed by atoms with E-state index in [1.807, 2.05) is 19.1 Å². The first kappa shape index (κ1) is 18.3. The van der Waals surface area contributed by atoms with Crippen LogP contribution in [0.15, 0.2) is 47.1 Å². The molecule has 0 radical (unpaired) electrons. The molecule has 0 aromatic heterocycles. The number of carbonyl (C=O) groups excluding carboxylic acids is 1. The van der Waals surface area contributed by atoms with Gasteiger partial charge in [-0.2, -0.15) is 0 Å². The van der Waals surface area contributed by atoms with Crippen LogP contribution in [0, 0.1) is 0 Å². The third-order valence-corrected chi connectivity index (χ3v) is 4.53. The zero-order valence-corrected chi connectivity index (χ0v) is 15.2. The quantitative estimate of drug-likeness (QED) is 0.660. The molecule has 0 heterocycles. The molecule has 3 heteroatoms. The first-order chi connectivity index (χ1) is 11.5. The molecular weight excluding hydrogens is 300 g/mol. The van der Waals surface area contributed by atoms with Gasteiger partial charge in [-0.15, -0.1) is 0 Å². The minimum Gasteiger partial charge on any atom is -0.497 e. The fraction of sp³-hybridized carbons (Fsp3) is 0.476. The van der Waals surface area contributed by atoms with Crippen molar-refractivity contribution in [1.82, 2.24) is 0 Å². The number of carbonyl (C=O) groups is 1. The van der Waals surface area contributed by atoms with Crippen molar-refractivity contribution < 1.29 is 14.3 Å². The van der Waals surface area contributed by atoms with E-state index in [-0.39, 0.29) is 12.1 Å². The highest BCUT2D eigenvalue weighted by Crippen LogP contribution is 2.25. The molecular formula is C21H28O3. The monoisotopic (exact) mass is 328 g/mol. The van der Waals surface area contributed by atoms with Crippen molar-refractivity contribution in [2.45, 2.75) is 59.0 Å². The maximum atomic E-state index is 12.2. The van der Waals surface area contributed by atoms with Crippen LogP contribution in [-0.2, 0) is 16.0 Å². The lowest BCUT2D eigenvalue weighted by Crippen LogP contribution is -2.16. The molecule has 0 fully saturated rings. The highest BCUT2D eigenvalue weighted by atomic mass is 16.5. The van der Waals surface area contributed by atoms with Crippen LogP contribution in [0.1, 0.15) is 52.0 Å². The third kappa shape index (κ3) is 5.55. The fourth-order valence-electron chi connectivity index (χ4n) is 2.88. The second-order valence-electron chi connectivity index (χ2n) is 6.66. The van der Waals surface area contributed by atoms with Gasteiger partial charge in [0.25, 0.3) is 0 Å². The SMILES string of the molecule is COc1ccc(CCC(C)OC(=O)CC2=C(C)CCC(C)=C2)cc1. The summed E-state index contributed by atoms with van der Waals surface area (Å²) in [7, 11) is 1.66. The maximum Gasteiger partial charge on any atom is 0.310 e. The van der Waals surface area contributed by atoms with Gasteiger partial charge in [0, 0.05) is 0 Å². The summed E-state index contributed by atoms with van der Waals surface area (Å²) >= 11 is 0. The molecule has 1 atom stereocenters. The molecule has 0 aliphatic heterocycles. The number of allylic oxidation sites excluding steroid dienone is 3. The molecule has 130 valence electrons. The standard InChI is InChI=1S/C21H28O3/c1-15-5-6-16(2)19(13-15)14-21(22)24-17(3)7-8-18-9-11-20(23-4)12-10-18/h9-13,17H,5-8,14H2,1-4H3. The van der Waals surface area contributed by atoms with Crippen LogP contribution in [-0.4, -0.2) is 19.2 Å². The van der Waals surface area contributed by atoms with E-state index in [1.54, 1.807) is 7.11 Å². The Morgan fingerprint density at radius 2 is 1.88 bits per heavy atom. The van der Waals surface area contributed by atoms with E-state index >= 15 is 0 Å². The van der Waals surface area contributed by atoms with Gasteiger partial charge >= 0.3 is 5.97 Å². The molecule has 0 saturated heterocycles. The highest BCUT2D eigenvalue weighted by Gasteiger charge is 2.15. The van der Waals surface area contributed by atoms with Crippen molar-refractivity contribution in [1.29, 1.82) is 0 Å². The maximum absolute atomic E-state index is 12.2. The van der Waals surface area contributed by atoms with Gasteiger partial charge in [0.05, 0.1) is 19.6 Å². The molecule has 0 N–H and O–H groups in total. The van der Waals surface area contributed by atoms with Crippen LogP contribution in [0.3, 0.4) is 0 Å².